The number of aromatic nitrogens is 1. The molecule has 0 amide bonds. The summed E-state index contributed by atoms with van der Waals surface area (Å²) in [6.07, 6.45) is 4.67. The van der Waals surface area contributed by atoms with Gasteiger partial charge in [-0.15, -0.1) is 4.40 Å². The summed E-state index contributed by atoms with van der Waals surface area (Å²) >= 11 is 1.30. The van der Waals surface area contributed by atoms with Crippen LogP contribution in [0.3, 0.4) is 0 Å². The predicted octanol–water partition coefficient (Wildman–Crippen LogP) is 0.939. The Balaban J connectivity index is 2.71. The molecule has 1 aliphatic heterocycles. The standard InChI is InChI=1S/C8H9N3O2S2/c1-11-6-3-4-9-5-7(6)15(12,13)10-8(11)14-2/h3-5H,1-2H3. The van der Waals surface area contributed by atoms with Gasteiger partial charge in [0.25, 0.3) is 10.0 Å². The summed E-state index contributed by atoms with van der Waals surface area (Å²) in [7, 11) is -1.79. The molecule has 7 heteroatoms. The number of amidine groups is 1. The van der Waals surface area contributed by atoms with E-state index in [4.69, 9.17) is 0 Å². The van der Waals surface area contributed by atoms with Gasteiger partial charge in [-0.1, -0.05) is 11.8 Å². The first-order chi connectivity index (χ1) is 7.06. The van der Waals surface area contributed by atoms with Crippen LogP contribution in [0.4, 0.5) is 5.69 Å². The van der Waals surface area contributed by atoms with E-state index < -0.39 is 10.0 Å². The van der Waals surface area contributed by atoms with Gasteiger partial charge in [0.05, 0.1) is 5.69 Å². The summed E-state index contributed by atoms with van der Waals surface area (Å²) < 4.78 is 27.1. The minimum atomic E-state index is -3.57. The van der Waals surface area contributed by atoms with E-state index in [1.807, 2.05) is 0 Å². The van der Waals surface area contributed by atoms with Gasteiger partial charge in [-0.2, -0.15) is 8.42 Å². The molecule has 0 saturated heterocycles. The lowest BCUT2D eigenvalue weighted by molar-refractivity contribution is 0.597. The summed E-state index contributed by atoms with van der Waals surface area (Å²) in [5.74, 6) is 0. The van der Waals surface area contributed by atoms with Gasteiger partial charge >= 0.3 is 0 Å². The Morgan fingerprint density at radius 3 is 2.87 bits per heavy atom. The van der Waals surface area contributed by atoms with Crippen LogP contribution in [0.25, 0.3) is 0 Å². The van der Waals surface area contributed by atoms with Gasteiger partial charge in [-0.3, -0.25) is 4.98 Å². The topological polar surface area (TPSA) is 62.6 Å². The van der Waals surface area contributed by atoms with Crippen LogP contribution >= 0.6 is 11.8 Å². The Labute approximate surface area is 92.3 Å². The van der Waals surface area contributed by atoms with Crippen LogP contribution < -0.4 is 4.90 Å². The zero-order chi connectivity index (χ0) is 11.1. The maximum Gasteiger partial charge on any atom is 0.288 e. The highest BCUT2D eigenvalue weighted by atomic mass is 32.2. The largest absolute Gasteiger partial charge is 0.322 e. The number of hydrogen-bond acceptors (Lipinski definition) is 5. The number of sulfonamides is 1. The lowest BCUT2D eigenvalue weighted by Gasteiger charge is -2.25. The Morgan fingerprint density at radius 1 is 1.47 bits per heavy atom. The lowest BCUT2D eigenvalue weighted by atomic mass is 10.4. The predicted molar refractivity (Wildman–Crippen MR) is 60.8 cm³/mol. The van der Waals surface area contributed by atoms with Gasteiger partial charge in [0.15, 0.2) is 5.17 Å². The van der Waals surface area contributed by atoms with Crippen LogP contribution in [0.2, 0.25) is 0 Å². The van der Waals surface area contributed by atoms with Crippen molar-refractivity contribution in [1.29, 1.82) is 0 Å². The van der Waals surface area contributed by atoms with Gasteiger partial charge in [0.2, 0.25) is 0 Å². The molecule has 1 aromatic heterocycles. The Kier molecular flexibility index (Phi) is 2.43. The molecule has 0 atom stereocenters. The molecule has 0 radical (unpaired) electrons. The summed E-state index contributed by atoms with van der Waals surface area (Å²) in [5, 5.41) is 0.466. The van der Waals surface area contributed by atoms with E-state index >= 15 is 0 Å². The number of pyridine rings is 1. The molecule has 0 N–H and O–H groups in total. The molecule has 0 spiro atoms. The van der Waals surface area contributed by atoms with Gasteiger partial charge in [0, 0.05) is 19.4 Å². The number of nitrogens with zero attached hydrogens (tertiary/aromatic N) is 3. The molecule has 2 heterocycles. The highest BCUT2D eigenvalue weighted by Gasteiger charge is 2.28. The van der Waals surface area contributed by atoms with Crippen molar-refractivity contribution in [2.45, 2.75) is 4.90 Å². The van der Waals surface area contributed by atoms with Crippen molar-refractivity contribution >= 4 is 32.6 Å². The SMILES string of the molecule is CSC1=NS(=O)(=O)c2cnccc2N1C. The molecule has 0 saturated carbocycles. The molecule has 0 bridgehead atoms. The molecule has 15 heavy (non-hydrogen) atoms. The quantitative estimate of drug-likeness (QED) is 0.678. The van der Waals surface area contributed by atoms with Crippen molar-refractivity contribution in [2.75, 3.05) is 18.2 Å². The second-order valence-electron chi connectivity index (χ2n) is 2.96. The van der Waals surface area contributed by atoms with Crippen molar-refractivity contribution in [1.82, 2.24) is 4.98 Å². The molecule has 1 aliphatic rings. The third-order valence-electron chi connectivity index (χ3n) is 2.07. The minimum absolute atomic E-state index is 0.158. The van der Waals surface area contributed by atoms with Crippen molar-refractivity contribution in [3.63, 3.8) is 0 Å². The highest BCUT2D eigenvalue weighted by Crippen LogP contribution is 2.31. The van der Waals surface area contributed by atoms with Gasteiger partial charge in [0.1, 0.15) is 4.90 Å². The number of rotatable bonds is 0. The van der Waals surface area contributed by atoms with E-state index in [-0.39, 0.29) is 4.90 Å². The first-order valence-electron chi connectivity index (χ1n) is 4.13. The van der Waals surface area contributed by atoms with Gasteiger partial charge < -0.3 is 4.90 Å². The normalized spacial score (nSPS) is 18.3. The number of fused-ring (bicyclic) bond motifs is 1. The van der Waals surface area contributed by atoms with E-state index in [9.17, 15) is 8.42 Å². The molecule has 0 aromatic carbocycles. The van der Waals surface area contributed by atoms with Crippen molar-refractivity contribution in [3.8, 4) is 0 Å². The fourth-order valence-corrected chi connectivity index (χ4v) is 3.39. The molecule has 0 unspecified atom stereocenters. The highest BCUT2D eigenvalue weighted by molar-refractivity contribution is 8.14. The van der Waals surface area contributed by atoms with E-state index in [1.54, 1.807) is 30.5 Å². The van der Waals surface area contributed by atoms with Crippen LogP contribution in [0.5, 0.6) is 0 Å². The maximum absolute atomic E-state index is 11.7. The van der Waals surface area contributed by atoms with E-state index in [0.717, 1.165) is 0 Å². The second-order valence-corrected chi connectivity index (χ2v) is 5.30. The first-order valence-corrected chi connectivity index (χ1v) is 6.79. The maximum atomic E-state index is 11.7. The van der Waals surface area contributed by atoms with Crippen LogP contribution in [0, 0.1) is 0 Å². The summed E-state index contributed by atoms with van der Waals surface area (Å²) in [6, 6.07) is 1.66. The average Bonchev–Trinajstić information content (AvgIpc) is 2.24. The molecule has 0 aliphatic carbocycles. The summed E-state index contributed by atoms with van der Waals surface area (Å²) in [6.45, 7) is 0. The minimum Gasteiger partial charge on any atom is -0.322 e. The zero-order valence-corrected chi connectivity index (χ0v) is 9.84. The third kappa shape index (κ3) is 1.61. The van der Waals surface area contributed by atoms with Crippen LogP contribution in [-0.4, -0.2) is 31.9 Å². The first kappa shape index (κ1) is 10.4. The van der Waals surface area contributed by atoms with Gasteiger partial charge in [-0.05, 0) is 12.3 Å². The van der Waals surface area contributed by atoms with Crippen molar-refractivity contribution in [2.24, 2.45) is 4.40 Å². The second kappa shape index (κ2) is 3.49. The van der Waals surface area contributed by atoms with Crippen molar-refractivity contribution < 1.29 is 8.42 Å². The smallest absolute Gasteiger partial charge is 0.288 e. The molecule has 2 rings (SSSR count). The van der Waals surface area contributed by atoms with E-state index in [2.05, 4.69) is 9.38 Å². The molecule has 5 nitrogen and oxygen atoms in total. The molecule has 1 aromatic rings. The molecule has 80 valence electrons. The molecular weight excluding hydrogens is 234 g/mol. The Bertz CT molecular complexity index is 524. The zero-order valence-electron chi connectivity index (χ0n) is 8.21. The molecular formula is C8H9N3O2S2. The molecule has 0 fully saturated rings. The lowest BCUT2D eigenvalue weighted by Crippen LogP contribution is -2.29. The fraction of sp³-hybridized carbons (Fsp3) is 0.250. The summed E-state index contributed by atoms with van der Waals surface area (Å²) in [5.41, 5.74) is 0.615. The Hall–Kier alpha value is -1.08. The number of anilines is 1. The average molecular weight is 243 g/mol. The summed E-state index contributed by atoms with van der Waals surface area (Å²) in [4.78, 5) is 5.69. The van der Waals surface area contributed by atoms with E-state index in [0.29, 0.717) is 10.9 Å². The fourth-order valence-electron chi connectivity index (χ4n) is 1.34. The van der Waals surface area contributed by atoms with E-state index in [1.165, 1.54) is 18.0 Å². The van der Waals surface area contributed by atoms with Crippen LogP contribution in [0.1, 0.15) is 0 Å². The van der Waals surface area contributed by atoms with Crippen LogP contribution in [0.15, 0.2) is 27.8 Å². The number of thioether (sulfide) groups is 1. The van der Waals surface area contributed by atoms with Crippen molar-refractivity contribution in [3.05, 3.63) is 18.5 Å². The number of hydrogen-bond donors (Lipinski definition) is 0. The van der Waals surface area contributed by atoms with Gasteiger partial charge in [-0.25, -0.2) is 0 Å². The third-order valence-corrected chi connectivity index (χ3v) is 4.20. The Morgan fingerprint density at radius 2 is 2.20 bits per heavy atom. The monoisotopic (exact) mass is 243 g/mol. The van der Waals surface area contributed by atoms with Crippen LogP contribution in [-0.2, 0) is 10.0 Å².